The molecular formula is C35H32IN3. The molecule has 3 atom stereocenters. The van der Waals surface area contributed by atoms with Gasteiger partial charge in [0.1, 0.15) is 0 Å². The molecule has 3 nitrogen and oxygen atoms in total. The Labute approximate surface area is 240 Å². The van der Waals surface area contributed by atoms with Crippen molar-refractivity contribution in [2.24, 2.45) is 28.5 Å². The summed E-state index contributed by atoms with van der Waals surface area (Å²) in [4.78, 5) is 5.32. The molecule has 3 aliphatic carbocycles. The Morgan fingerprint density at radius 2 is 1.74 bits per heavy atom. The summed E-state index contributed by atoms with van der Waals surface area (Å²) < 4.78 is 4.53. The van der Waals surface area contributed by atoms with Crippen molar-refractivity contribution in [2.75, 3.05) is 0 Å². The summed E-state index contributed by atoms with van der Waals surface area (Å²) in [5, 5.41) is 1.37. The lowest BCUT2D eigenvalue weighted by Crippen LogP contribution is -2.17. The lowest BCUT2D eigenvalue weighted by Gasteiger charge is -2.22. The van der Waals surface area contributed by atoms with E-state index in [4.69, 9.17) is 10.7 Å². The zero-order valence-corrected chi connectivity index (χ0v) is 24.3. The summed E-state index contributed by atoms with van der Waals surface area (Å²) in [5.41, 5.74) is 16.1. The second-order valence-electron chi connectivity index (χ2n) is 10.8. The van der Waals surface area contributed by atoms with Crippen LogP contribution in [0.2, 0.25) is 0 Å². The first-order valence-electron chi connectivity index (χ1n) is 13.8. The second kappa shape index (κ2) is 10.3. The lowest BCUT2D eigenvalue weighted by atomic mass is 9.84. The number of aromatic nitrogens is 1. The van der Waals surface area contributed by atoms with E-state index in [1.807, 2.05) is 6.07 Å². The number of hydrogen-bond donors (Lipinski definition) is 1. The third-order valence-corrected chi connectivity index (χ3v) is 10.8. The number of benzene rings is 3. The summed E-state index contributed by atoms with van der Waals surface area (Å²) >= 11 is -0.711. The Balaban J connectivity index is 1.44. The van der Waals surface area contributed by atoms with E-state index in [2.05, 4.69) is 115 Å². The van der Waals surface area contributed by atoms with E-state index in [0.717, 1.165) is 19.5 Å². The highest BCUT2D eigenvalue weighted by molar-refractivity contribution is 14.2. The van der Waals surface area contributed by atoms with Crippen molar-refractivity contribution in [3.05, 3.63) is 137 Å². The summed E-state index contributed by atoms with van der Waals surface area (Å²) in [6.45, 7) is 2.85. The number of aliphatic imine (C=N–C) groups is 1. The van der Waals surface area contributed by atoms with Crippen LogP contribution in [0, 0.1) is 24.7 Å². The Morgan fingerprint density at radius 1 is 0.974 bits per heavy atom. The minimum Gasteiger partial charge on any atom is -0.297 e. The highest BCUT2D eigenvalue weighted by atomic mass is 127. The largest absolute Gasteiger partial charge is 0.297 e. The van der Waals surface area contributed by atoms with Crippen LogP contribution in [0.4, 0.5) is 0 Å². The smallest absolute Gasteiger partial charge is 0.167 e. The van der Waals surface area contributed by atoms with Crippen LogP contribution in [0.3, 0.4) is 0 Å². The molecule has 3 aliphatic rings. The fourth-order valence-corrected chi connectivity index (χ4v) is 8.77. The fourth-order valence-electron chi connectivity index (χ4n) is 6.47. The van der Waals surface area contributed by atoms with Crippen LogP contribution in [-0.2, 0) is 13.0 Å². The maximum absolute atomic E-state index is 6.83. The van der Waals surface area contributed by atoms with E-state index in [1.54, 1.807) is 5.57 Å². The Morgan fingerprint density at radius 3 is 2.56 bits per heavy atom. The molecule has 39 heavy (non-hydrogen) atoms. The number of nitrogens with two attached hydrogens (primary N) is 1. The minimum atomic E-state index is -0.711. The number of halogens is 1. The predicted octanol–water partition coefficient (Wildman–Crippen LogP) is 7.78. The van der Waals surface area contributed by atoms with Crippen LogP contribution in [-0.4, -0.2) is 12.0 Å². The summed E-state index contributed by atoms with van der Waals surface area (Å²) in [6, 6.07) is 27.9. The number of rotatable bonds is 4. The average molecular weight is 622 g/mol. The molecule has 0 radical (unpaired) electrons. The molecule has 0 amide bonds. The monoisotopic (exact) mass is 621 g/mol. The molecule has 1 aromatic heterocycles. The Kier molecular flexibility index (Phi) is 6.53. The van der Waals surface area contributed by atoms with Crippen LogP contribution < -0.4 is 5.73 Å². The molecule has 7 rings (SSSR count). The first-order valence-corrected chi connectivity index (χ1v) is 15.9. The van der Waals surface area contributed by atoms with E-state index >= 15 is 0 Å². The highest BCUT2D eigenvalue weighted by Gasteiger charge is 2.40. The normalized spacial score (nSPS) is 22.2. The number of allylic oxidation sites excluding steroid dienone is 5. The van der Waals surface area contributed by atoms with Gasteiger partial charge in [-0.15, -0.1) is 0 Å². The molecule has 0 spiro atoms. The quantitative estimate of drug-likeness (QED) is 0.141. The van der Waals surface area contributed by atoms with Gasteiger partial charge >= 0.3 is 0 Å². The van der Waals surface area contributed by atoms with Crippen LogP contribution in [0.1, 0.15) is 34.4 Å². The zero-order valence-electron chi connectivity index (χ0n) is 22.1. The van der Waals surface area contributed by atoms with E-state index in [9.17, 15) is 0 Å². The van der Waals surface area contributed by atoms with Crippen molar-refractivity contribution in [3.63, 3.8) is 0 Å². The number of nitrogens with zero attached hydrogens (tertiary/aromatic N) is 2. The molecule has 4 heteroatoms. The van der Waals surface area contributed by atoms with Crippen molar-refractivity contribution < 1.29 is 0 Å². The molecule has 3 aromatic carbocycles. The Hall–Kier alpha value is -3.35. The zero-order chi connectivity index (χ0) is 26.3. The molecule has 0 saturated heterocycles. The Bertz CT molecular complexity index is 1700. The van der Waals surface area contributed by atoms with Gasteiger partial charge in [0, 0.05) is 11.3 Å². The third kappa shape index (κ3) is 4.60. The van der Waals surface area contributed by atoms with Crippen LogP contribution in [0.15, 0.2) is 114 Å². The molecular weight excluding hydrogens is 589 g/mol. The van der Waals surface area contributed by atoms with Crippen molar-refractivity contribution >= 4 is 45.2 Å². The summed E-state index contributed by atoms with van der Waals surface area (Å²) in [6.07, 6.45) is 14.2. The topological polar surface area (TPSA) is 43.3 Å². The van der Waals surface area contributed by atoms with E-state index < -0.39 is 20.7 Å². The van der Waals surface area contributed by atoms with Gasteiger partial charge < -0.3 is 0 Å². The van der Waals surface area contributed by atoms with Gasteiger partial charge in [0.05, 0.1) is 21.4 Å². The fraction of sp³-hybridized carbons (Fsp3) is 0.200. The lowest BCUT2D eigenvalue weighted by molar-refractivity contribution is 0.543. The number of fused-ring (bicyclic) bond motifs is 6. The van der Waals surface area contributed by atoms with Gasteiger partial charge in [-0.25, -0.2) is 0 Å². The SMILES string of the molecule is Cc1ccc2c(c1)c1c(n2C(=NCc2ccccc2)I=C(N)c2ccccc2)C=C2C(C1)CC1C=CC=CC21. The van der Waals surface area contributed by atoms with Crippen LogP contribution >= 0.6 is 20.7 Å². The van der Waals surface area contributed by atoms with E-state index in [1.165, 1.54) is 39.7 Å². The predicted molar refractivity (Wildman–Crippen MR) is 173 cm³/mol. The van der Waals surface area contributed by atoms with Gasteiger partial charge in [-0.1, -0.05) is 102 Å². The number of aryl methyl sites for hydroxylation is 1. The molecule has 1 saturated carbocycles. The molecule has 0 aliphatic heterocycles. The molecule has 0 bridgehead atoms. The van der Waals surface area contributed by atoms with Crippen molar-refractivity contribution in [2.45, 2.75) is 26.3 Å². The molecule has 194 valence electrons. The van der Waals surface area contributed by atoms with Gasteiger partial charge in [-0.05, 0) is 87.2 Å². The first kappa shape index (κ1) is 24.7. The molecule has 4 aromatic rings. The second-order valence-corrected chi connectivity index (χ2v) is 13.5. The summed E-state index contributed by atoms with van der Waals surface area (Å²) in [7, 11) is 0. The molecule has 1 heterocycles. The first-order chi connectivity index (χ1) is 19.2. The number of hydrogen-bond acceptors (Lipinski definition) is 2. The van der Waals surface area contributed by atoms with Crippen LogP contribution in [0.25, 0.3) is 17.0 Å². The molecule has 1 fully saturated rings. The summed E-state index contributed by atoms with van der Waals surface area (Å²) in [5.74, 6) is 1.75. The van der Waals surface area contributed by atoms with Gasteiger partial charge in [0.2, 0.25) is 0 Å². The minimum absolute atomic E-state index is 0.515. The molecule has 3 unspecified atom stereocenters. The van der Waals surface area contributed by atoms with Crippen molar-refractivity contribution in [1.82, 2.24) is 4.57 Å². The standard InChI is InChI=1S/C35H32IN3/c1-23-16-17-32-30(18-23)31-20-27-19-26-14-8-9-15-28(26)29(27)21-33(31)39(32)35(38-22-24-10-4-2-5-11-24)36-34(37)25-12-6-3-7-13-25/h2-18,21,26-28H,19-20,22,37H2,1H3. The highest BCUT2D eigenvalue weighted by Crippen LogP contribution is 2.50. The van der Waals surface area contributed by atoms with Crippen LogP contribution in [0.5, 0.6) is 0 Å². The van der Waals surface area contributed by atoms with Gasteiger partial charge in [0.15, 0.2) is 3.84 Å². The third-order valence-electron chi connectivity index (χ3n) is 8.34. The molecule has 2 N–H and O–H groups in total. The van der Waals surface area contributed by atoms with E-state index in [0.29, 0.717) is 24.3 Å². The van der Waals surface area contributed by atoms with Gasteiger partial charge in [0.25, 0.3) is 0 Å². The maximum Gasteiger partial charge on any atom is 0.167 e. The van der Waals surface area contributed by atoms with Crippen molar-refractivity contribution in [1.29, 1.82) is 0 Å². The van der Waals surface area contributed by atoms with E-state index in [-0.39, 0.29) is 0 Å². The van der Waals surface area contributed by atoms with Crippen molar-refractivity contribution in [3.8, 4) is 0 Å². The maximum atomic E-state index is 6.83. The van der Waals surface area contributed by atoms with Gasteiger partial charge in [-0.2, -0.15) is 0 Å². The average Bonchev–Trinajstić information content (AvgIpc) is 3.49. The van der Waals surface area contributed by atoms with Gasteiger partial charge in [-0.3, -0.25) is 15.3 Å².